The molecule has 3 amide bonds. The first-order valence-electron chi connectivity index (χ1n) is 10.8. The number of carbonyl (C=O) groups is 3. The second-order valence-electron chi connectivity index (χ2n) is 9.13. The quantitative estimate of drug-likeness (QED) is 0.486. The van der Waals surface area contributed by atoms with Gasteiger partial charge in [-0.1, -0.05) is 34.6 Å². The summed E-state index contributed by atoms with van der Waals surface area (Å²) in [6.07, 6.45) is 0.904. The van der Waals surface area contributed by atoms with Gasteiger partial charge in [-0.3, -0.25) is 25.2 Å². The summed E-state index contributed by atoms with van der Waals surface area (Å²) in [5, 5.41) is 3.38. The molecule has 0 spiro atoms. The number of ether oxygens (including phenoxy) is 2. The second-order valence-corrected chi connectivity index (χ2v) is 10.2. The van der Waals surface area contributed by atoms with Gasteiger partial charge in [-0.2, -0.15) is 0 Å². The van der Waals surface area contributed by atoms with Crippen molar-refractivity contribution in [3.63, 3.8) is 0 Å². The monoisotopic (exact) mass is 475 g/mol. The Morgan fingerprint density at radius 2 is 1.70 bits per heavy atom. The normalized spacial score (nSPS) is 11.2. The molecule has 0 saturated carbocycles. The van der Waals surface area contributed by atoms with Crippen LogP contribution < -0.4 is 25.6 Å². The van der Waals surface area contributed by atoms with Crippen molar-refractivity contribution in [2.45, 2.75) is 48.0 Å². The van der Waals surface area contributed by atoms with Crippen molar-refractivity contribution in [3.05, 3.63) is 40.3 Å². The number of benzene rings is 1. The lowest BCUT2D eigenvalue weighted by Crippen LogP contribution is -2.41. The van der Waals surface area contributed by atoms with Gasteiger partial charge < -0.3 is 14.8 Å². The van der Waals surface area contributed by atoms with Crippen LogP contribution in [0.5, 0.6) is 11.5 Å². The highest BCUT2D eigenvalue weighted by molar-refractivity contribution is 7.18. The summed E-state index contributed by atoms with van der Waals surface area (Å²) in [6.45, 7) is 12.0. The van der Waals surface area contributed by atoms with Gasteiger partial charge in [0.1, 0.15) is 0 Å². The molecule has 2 rings (SSSR count). The lowest BCUT2D eigenvalue weighted by Gasteiger charge is -2.16. The first-order chi connectivity index (χ1) is 15.4. The molecule has 0 unspecified atom stereocenters. The zero-order chi connectivity index (χ0) is 24.8. The Kier molecular flexibility index (Phi) is 8.87. The van der Waals surface area contributed by atoms with Gasteiger partial charge in [0.05, 0.1) is 23.6 Å². The van der Waals surface area contributed by atoms with Crippen molar-refractivity contribution >= 4 is 34.1 Å². The fourth-order valence-electron chi connectivity index (χ4n) is 2.64. The van der Waals surface area contributed by atoms with Crippen LogP contribution in [0.3, 0.4) is 0 Å². The molecular weight excluding hydrogens is 442 g/mol. The Morgan fingerprint density at radius 1 is 1.03 bits per heavy atom. The lowest BCUT2D eigenvalue weighted by atomic mass is 9.96. The highest BCUT2D eigenvalue weighted by atomic mass is 32.1. The molecule has 180 valence electrons. The van der Waals surface area contributed by atoms with Crippen LogP contribution in [0.1, 0.15) is 66.6 Å². The molecule has 0 aliphatic heterocycles. The number of carbonyl (C=O) groups excluding carboxylic acids is 3. The van der Waals surface area contributed by atoms with E-state index < -0.39 is 17.2 Å². The highest BCUT2D eigenvalue weighted by Gasteiger charge is 2.23. The molecule has 9 heteroatoms. The molecular formula is C24H33N3O5S. The second kappa shape index (κ2) is 11.2. The van der Waals surface area contributed by atoms with E-state index in [1.807, 2.05) is 20.8 Å². The summed E-state index contributed by atoms with van der Waals surface area (Å²) in [6, 6.07) is 6.56. The molecule has 33 heavy (non-hydrogen) atoms. The Morgan fingerprint density at radius 3 is 2.30 bits per heavy atom. The van der Waals surface area contributed by atoms with E-state index in [-0.39, 0.29) is 5.91 Å². The maximum absolute atomic E-state index is 12.6. The summed E-state index contributed by atoms with van der Waals surface area (Å²) < 4.78 is 11.1. The van der Waals surface area contributed by atoms with Gasteiger partial charge in [0.25, 0.3) is 11.8 Å². The van der Waals surface area contributed by atoms with Crippen LogP contribution in [0.2, 0.25) is 0 Å². The number of hydrogen-bond donors (Lipinski definition) is 3. The SMILES string of the molecule is COc1cc(C(=O)NNC(=O)c2sc(NC(=O)C(C)(C)C)cc2C)ccc1OCCC(C)C. The van der Waals surface area contributed by atoms with Crippen molar-refractivity contribution < 1.29 is 23.9 Å². The van der Waals surface area contributed by atoms with E-state index in [0.29, 0.717) is 45.0 Å². The molecule has 0 atom stereocenters. The van der Waals surface area contributed by atoms with Crippen LogP contribution in [-0.2, 0) is 4.79 Å². The van der Waals surface area contributed by atoms with Gasteiger partial charge in [-0.05, 0) is 49.1 Å². The highest BCUT2D eigenvalue weighted by Crippen LogP contribution is 2.29. The van der Waals surface area contributed by atoms with E-state index in [1.165, 1.54) is 7.11 Å². The zero-order valence-electron chi connectivity index (χ0n) is 20.3. The molecule has 0 saturated heterocycles. The van der Waals surface area contributed by atoms with Gasteiger partial charge >= 0.3 is 0 Å². The number of nitrogens with one attached hydrogen (secondary N) is 3. The number of hydrogen-bond acceptors (Lipinski definition) is 6. The Balaban J connectivity index is 2.00. The largest absolute Gasteiger partial charge is 0.493 e. The number of hydrazine groups is 1. The lowest BCUT2D eigenvalue weighted by molar-refractivity contribution is -0.123. The van der Waals surface area contributed by atoms with Crippen LogP contribution in [-0.4, -0.2) is 31.4 Å². The molecule has 1 aromatic heterocycles. The third-order valence-corrected chi connectivity index (χ3v) is 5.86. The first-order valence-corrected chi connectivity index (χ1v) is 11.6. The van der Waals surface area contributed by atoms with Gasteiger partial charge in [0.2, 0.25) is 5.91 Å². The van der Waals surface area contributed by atoms with Crippen LogP contribution in [0.25, 0.3) is 0 Å². The molecule has 1 aromatic carbocycles. The number of thiophene rings is 1. The average molecular weight is 476 g/mol. The maximum Gasteiger partial charge on any atom is 0.280 e. The maximum atomic E-state index is 12.6. The van der Waals surface area contributed by atoms with Crippen molar-refractivity contribution in [1.29, 1.82) is 0 Å². The van der Waals surface area contributed by atoms with Crippen molar-refractivity contribution in [1.82, 2.24) is 10.9 Å². The third-order valence-electron chi connectivity index (χ3n) is 4.71. The Bertz CT molecular complexity index is 1010. The molecule has 0 aliphatic carbocycles. The molecule has 3 N–H and O–H groups in total. The summed E-state index contributed by atoms with van der Waals surface area (Å²) in [7, 11) is 1.50. The minimum Gasteiger partial charge on any atom is -0.493 e. The summed E-state index contributed by atoms with van der Waals surface area (Å²) in [4.78, 5) is 37.7. The molecule has 0 bridgehead atoms. The summed E-state index contributed by atoms with van der Waals surface area (Å²) in [5.41, 5.74) is 5.29. The number of aryl methyl sites for hydroxylation is 1. The fraction of sp³-hybridized carbons (Fsp3) is 0.458. The van der Waals surface area contributed by atoms with E-state index in [4.69, 9.17) is 9.47 Å². The van der Waals surface area contributed by atoms with Gasteiger partial charge in [-0.25, -0.2) is 0 Å². The molecule has 8 nitrogen and oxygen atoms in total. The number of methoxy groups -OCH3 is 1. The zero-order valence-corrected chi connectivity index (χ0v) is 21.1. The molecule has 0 radical (unpaired) electrons. The van der Waals surface area contributed by atoms with E-state index in [0.717, 1.165) is 17.8 Å². The molecule has 2 aromatic rings. The molecule has 0 aliphatic rings. The van der Waals surface area contributed by atoms with Crippen molar-refractivity contribution in [2.75, 3.05) is 19.0 Å². The van der Waals surface area contributed by atoms with Crippen LogP contribution in [0.4, 0.5) is 5.00 Å². The smallest absolute Gasteiger partial charge is 0.280 e. The third kappa shape index (κ3) is 7.49. The number of amides is 3. The number of anilines is 1. The van der Waals surface area contributed by atoms with E-state index in [9.17, 15) is 14.4 Å². The van der Waals surface area contributed by atoms with Crippen LogP contribution in [0, 0.1) is 18.3 Å². The Hall–Kier alpha value is -3.07. The topological polar surface area (TPSA) is 106 Å². The van der Waals surface area contributed by atoms with Crippen LogP contribution in [0.15, 0.2) is 24.3 Å². The standard InChI is InChI=1S/C24H33N3O5S/c1-14(2)10-11-32-17-9-8-16(13-18(17)31-7)21(28)26-27-22(29)20-15(3)12-19(33-20)25-23(30)24(4,5)6/h8-9,12-14H,10-11H2,1-7H3,(H,25,30)(H,26,28)(H,27,29). The minimum absolute atomic E-state index is 0.144. The molecule has 1 heterocycles. The Labute approximate surface area is 199 Å². The van der Waals surface area contributed by atoms with Gasteiger partial charge in [0, 0.05) is 11.0 Å². The average Bonchev–Trinajstić information content (AvgIpc) is 3.10. The fourth-order valence-corrected chi connectivity index (χ4v) is 3.61. The summed E-state index contributed by atoms with van der Waals surface area (Å²) in [5.74, 6) is 0.398. The van der Waals surface area contributed by atoms with Gasteiger partial charge in [-0.15, -0.1) is 11.3 Å². The van der Waals surface area contributed by atoms with E-state index in [1.54, 1.807) is 31.2 Å². The predicted octanol–water partition coefficient (Wildman–Crippen LogP) is 4.55. The van der Waals surface area contributed by atoms with Crippen molar-refractivity contribution in [3.8, 4) is 11.5 Å². The first kappa shape index (κ1) is 26.2. The predicted molar refractivity (Wildman–Crippen MR) is 130 cm³/mol. The van der Waals surface area contributed by atoms with E-state index >= 15 is 0 Å². The van der Waals surface area contributed by atoms with E-state index in [2.05, 4.69) is 30.0 Å². The van der Waals surface area contributed by atoms with Gasteiger partial charge in [0.15, 0.2) is 11.5 Å². The summed E-state index contributed by atoms with van der Waals surface area (Å²) >= 11 is 1.15. The minimum atomic E-state index is -0.551. The van der Waals surface area contributed by atoms with Crippen LogP contribution >= 0.6 is 11.3 Å². The van der Waals surface area contributed by atoms with Crippen molar-refractivity contribution in [2.24, 2.45) is 11.3 Å². The number of rotatable bonds is 8. The molecule has 0 fully saturated rings.